The van der Waals surface area contributed by atoms with E-state index in [1.54, 1.807) is 0 Å². The maximum absolute atomic E-state index is 9.87. The molecule has 5 nitrogen and oxygen atoms in total. The van der Waals surface area contributed by atoms with Crippen LogP contribution in [0.1, 0.15) is 11.4 Å². The largest absolute Gasteiger partial charge is 0.491 e. The van der Waals surface area contributed by atoms with Crippen LogP contribution in [0.25, 0.3) is 0 Å². The highest BCUT2D eigenvalue weighted by molar-refractivity contribution is 5.27. The number of aliphatic hydroxyl groups excluding tert-OH is 1. The van der Waals surface area contributed by atoms with E-state index in [1.807, 2.05) is 50.2 Å². The minimum atomic E-state index is -0.625. The maximum Gasteiger partial charge on any atom is 0.223 e. The van der Waals surface area contributed by atoms with Gasteiger partial charge in [0.05, 0.1) is 0 Å². The van der Waals surface area contributed by atoms with E-state index in [9.17, 15) is 5.11 Å². The standard InChI is InChI=1S/C15H19N3O2/c1-11-8-12(2)18-15(17-11)16-9-13(19)10-20-14-6-4-3-5-7-14/h3-8,13,19H,9-10H2,1-2H3,(H,16,17,18)/t13-/m1/s1. The molecule has 0 bridgehead atoms. The Morgan fingerprint density at radius 2 is 1.80 bits per heavy atom. The lowest BCUT2D eigenvalue weighted by Gasteiger charge is -2.13. The van der Waals surface area contributed by atoms with Gasteiger partial charge in [-0.25, -0.2) is 9.97 Å². The Bertz CT molecular complexity index is 526. The number of benzene rings is 1. The molecule has 0 fully saturated rings. The molecule has 0 aliphatic heterocycles. The summed E-state index contributed by atoms with van der Waals surface area (Å²) in [5, 5.41) is 12.9. The smallest absolute Gasteiger partial charge is 0.223 e. The molecule has 0 amide bonds. The highest BCUT2D eigenvalue weighted by Gasteiger charge is 2.06. The topological polar surface area (TPSA) is 67.3 Å². The summed E-state index contributed by atoms with van der Waals surface area (Å²) >= 11 is 0. The SMILES string of the molecule is Cc1cc(C)nc(NC[C@@H](O)COc2ccccc2)n1. The van der Waals surface area contributed by atoms with Crippen molar-refractivity contribution in [3.63, 3.8) is 0 Å². The van der Waals surface area contributed by atoms with Gasteiger partial charge in [0, 0.05) is 17.9 Å². The van der Waals surface area contributed by atoms with Gasteiger partial charge in [-0.2, -0.15) is 0 Å². The van der Waals surface area contributed by atoms with Gasteiger partial charge in [-0.1, -0.05) is 18.2 Å². The number of hydrogen-bond donors (Lipinski definition) is 2. The maximum atomic E-state index is 9.87. The molecule has 0 radical (unpaired) electrons. The van der Waals surface area contributed by atoms with Gasteiger partial charge in [0.25, 0.3) is 0 Å². The third-order valence-corrected chi connectivity index (χ3v) is 2.66. The van der Waals surface area contributed by atoms with E-state index in [2.05, 4.69) is 15.3 Å². The first kappa shape index (κ1) is 14.3. The molecule has 0 saturated heterocycles. The number of ether oxygens (including phenoxy) is 1. The zero-order chi connectivity index (χ0) is 14.4. The van der Waals surface area contributed by atoms with Crippen LogP contribution < -0.4 is 10.1 Å². The number of nitrogens with one attached hydrogen (secondary N) is 1. The quantitative estimate of drug-likeness (QED) is 0.842. The van der Waals surface area contributed by atoms with Crippen molar-refractivity contribution in [1.29, 1.82) is 0 Å². The molecule has 0 aliphatic rings. The zero-order valence-electron chi connectivity index (χ0n) is 11.7. The monoisotopic (exact) mass is 273 g/mol. The molecule has 0 spiro atoms. The number of nitrogens with zero attached hydrogens (tertiary/aromatic N) is 2. The Labute approximate surface area is 118 Å². The zero-order valence-corrected chi connectivity index (χ0v) is 11.7. The molecule has 5 heteroatoms. The minimum Gasteiger partial charge on any atom is -0.491 e. The Kier molecular flexibility index (Phi) is 4.90. The molecule has 1 heterocycles. The molecule has 0 aliphatic carbocycles. The predicted molar refractivity (Wildman–Crippen MR) is 77.9 cm³/mol. The first-order valence-corrected chi connectivity index (χ1v) is 6.55. The average molecular weight is 273 g/mol. The van der Waals surface area contributed by atoms with Crippen LogP contribution in [0, 0.1) is 13.8 Å². The second-order valence-electron chi connectivity index (χ2n) is 4.63. The Morgan fingerprint density at radius 1 is 1.15 bits per heavy atom. The number of hydrogen-bond acceptors (Lipinski definition) is 5. The van der Waals surface area contributed by atoms with Gasteiger partial charge < -0.3 is 15.2 Å². The summed E-state index contributed by atoms with van der Waals surface area (Å²) in [7, 11) is 0. The van der Waals surface area contributed by atoms with Crippen LogP contribution in [-0.2, 0) is 0 Å². The molecule has 2 rings (SSSR count). The molecule has 0 unspecified atom stereocenters. The lowest BCUT2D eigenvalue weighted by molar-refractivity contribution is 0.117. The fourth-order valence-electron chi connectivity index (χ4n) is 1.78. The number of rotatable bonds is 6. The van der Waals surface area contributed by atoms with Crippen LogP contribution in [0.4, 0.5) is 5.95 Å². The number of aryl methyl sites for hydroxylation is 2. The van der Waals surface area contributed by atoms with E-state index in [1.165, 1.54) is 0 Å². The molecule has 1 aromatic heterocycles. The van der Waals surface area contributed by atoms with Crippen molar-refractivity contribution in [2.75, 3.05) is 18.5 Å². The highest BCUT2D eigenvalue weighted by atomic mass is 16.5. The summed E-state index contributed by atoms with van der Waals surface area (Å²) < 4.78 is 5.47. The van der Waals surface area contributed by atoms with Crippen LogP contribution >= 0.6 is 0 Å². The molecule has 0 saturated carbocycles. The molecule has 106 valence electrons. The normalized spacial score (nSPS) is 11.9. The lowest BCUT2D eigenvalue weighted by atomic mass is 10.3. The molecular formula is C15H19N3O2. The summed E-state index contributed by atoms with van der Waals surface area (Å²) in [5.74, 6) is 1.27. The highest BCUT2D eigenvalue weighted by Crippen LogP contribution is 2.09. The van der Waals surface area contributed by atoms with Crippen LogP contribution in [0.2, 0.25) is 0 Å². The molecule has 1 aromatic carbocycles. The van der Waals surface area contributed by atoms with Gasteiger partial charge in [0.1, 0.15) is 18.5 Å². The van der Waals surface area contributed by atoms with Crippen LogP contribution in [-0.4, -0.2) is 34.3 Å². The van der Waals surface area contributed by atoms with Crippen molar-refractivity contribution in [2.24, 2.45) is 0 Å². The summed E-state index contributed by atoms with van der Waals surface area (Å²) in [6.45, 7) is 4.39. The lowest BCUT2D eigenvalue weighted by Crippen LogP contribution is -2.27. The van der Waals surface area contributed by atoms with Crippen molar-refractivity contribution in [1.82, 2.24) is 9.97 Å². The third kappa shape index (κ3) is 4.51. The van der Waals surface area contributed by atoms with Crippen LogP contribution in [0.3, 0.4) is 0 Å². The molecule has 2 aromatic rings. The fourth-order valence-corrected chi connectivity index (χ4v) is 1.78. The van der Waals surface area contributed by atoms with Crippen molar-refractivity contribution in [3.8, 4) is 5.75 Å². The second kappa shape index (κ2) is 6.86. The van der Waals surface area contributed by atoms with E-state index in [0.717, 1.165) is 17.1 Å². The summed E-state index contributed by atoms with van der Waals surface area (Å²) in [4.78, 5) is 8.50. The third-order valence-electron chi connectivity index (χ3n) is 2.66. The van der Waals surface area contributed by atoms with Crippen molar-refractivity contribution in [2.45, 2.75) is 20.0 Å². The van der Waals surface area contributed by atoms with Crippen molar-refractivity contribution in [3.05, 3.63) is 47.8 Å². The summed E-state index contributed by atoms with van der Waals surface area (Å²) in [6.07, 6.45) is -0.625. The number of aromatic nitrogens is 2. The predicted octanol–water partition coefficient (Wildman–Crippen LogP) is 1.95. The van der Waals surface area contributed by atoms with Gasteiger partial charge in [0.2, 0.25) is 5.95 Å². The van der Waals surface area contributed by atoms with Gasteiger partial charge in [-0.3, -0.25) is 0 Å². The van der Waals surface area contributed by atoms with Crippen molar-refractivity contribution < 1.29 is 9.84 Å². The van der Waals surface area contributed by atoms with E-state index in [-0.39, 0.29) is 6.61 Å². The molecule has 20 heavy (non-hydrogen) atoms. The Hall–Kier alpha value is -2.14. The van der Waals surface area contributed by atoms with Gasteiger partial charge in [-0.15, -0.1) is 0 Å². The molecule has 1 atom stereocenters. The Balaban J connectivity index is 1.78. The van der Waals surface area contributed by atoms with Crippen molar-refractivity contribution >= 4 is 5.95 Å². The summed E-state index contributed by atoms with van der Waals surface area (Å²) in [5.41, 5.74) is 1.80. The van der Waals surface area contributed by atoms with E-state index < -0.39 is 6.10 Å². The number of para-hydroxylation sites is 1. The van der Waals surface area contributed by atoms with Gasteiger partial charge in [0.15, 0.2) is 0 Å². The number of anilines is 1. The minimum absolute atomic E-state index is 0.224. The van der Waals surface area contributed by atoms with E-state index in [4.69, 9.17) is 4.74 Å². The molecular weight excluding hydrogens is 254 g/mol. The van der Waals surface area contributed by atoms with Gasteiger partial charge in [-0.05, 0) is 32.0 Å². The first-order chi connectivity index (χ1) is 9.63. The van der Waals surface area contributed by atoms with Crippen LogP contribution in [0.15, 0.2) is 36.4 Å². The van der Waals surface area contributed by atoms with E-state index in [0.29, 0.717) is 12.5 Å². The Morgan fingerprint density at radius 3 is 2.45 bits per heavy atom. The fraction of sp³-hybridized carbons (Fsp3) is 0.333. The van der Waals surface area contributed by atoms with Crippen LogP contribution in [0.5, 0.6) is 5.75 Å². The van der Waals surface area contributed by atoms with Gasteiger partial charge >= 0.3 is 0 Å². The summed E-state index contributed by atoms with van der Waals surface area (Å²) in [6, 6.07) is 11.3. The first-order valence-electron chi connectivity index (χ1n) is 6.55. The van der Waals surface area contributed by atoms with E-state index >= 15 is 0 Å². The molecule has 2 N–H and O–H groups in total. The average Bonchev–Trinajstić information content (AvgIpc) is 2.43. The number of aliphatic hydroxyl groups is 1. The second-order valence-corrected chi connectivity index (χ2v) is 4.63.